The van der Waals surface area contributed by atoms with Gasteiger partial charge in [0.25, 0.3) is 0 Å². The van der Waals surface area contributed by atoms with E-state index >= 15 is 0 Å². The topological polar surface area (TPSA) is 44.8 Å². The van der Waals surface area contributed by atoms with Crippen LogP contribution < -0.4 is 0 Å². The Morgan fingerprint density at radius 3 is 2.50 bits per heavy atom. The van der Waals surface area contributed by atoms with Crippen LogP contribution in [0.25, 0.3) is 0 Å². The number of carbonyl (C=O) groups is 1. The number of ether oxygens (including phenoxy) is 3. The highest BCUT2D eigenvalue weighted by atomic mass is 16.7. The van der Waals surface area contributed by atoms with Crippen molar-refractivity contribution in [1.29, 1.82) is 0 Å². The van der Waals surface area contributed by atoms with Crippen LogP contribution in [0.2, 0.25) is 0 Å². The standard InChI is InChI=1S/C18H26O4/c1-13-5-7-17(8-6-13)14(15(19)20-4)11-18(12-16(17,2)3)21-9-10-22-18/h5,11H,6-10,12H2,1-4H3. The molecule has 1 fully saturated rings. The third-order valence-electron chi connectivity index (χ3n) is 5.79. The van der Waals surface area contributed by atoms with Crippen LogP contribution in [0.3, 0.4) is 0 Å². The molecule has 3 rings (SSSR count). The summed E-state index contributed by atoms with van der Waals surface area (Å²) in [6, 6.07) is 0. The maximum Gasteiger partial charge on any atom is 0.334 e. The summed E-state index contributed by atoms with van der Waals surface area (Å²) in [5.41, 5.74) is 1.84. The van der Waals surface area contributed by atoms with E-state index in [1.165, 1.54) is 12.7 Å². The molecule has 0 bridgehead atoms. The predicted molar refractivity (Wildman–Crippen MR) is 83.2 cm³/mol. The fourth-order valence-electron chi connectivity index (χ4n) is 4.40. The van der Waals surface area contributed by atoms with E-state index < -0.39 is 5.79 Å². The molecule has 1 saturated heterocycles. The van der Waals surface area contributed by atoms with Crippen LogP contribution in [-0.2, 0) is 19.0 Å². The summed E-state index contributed by atoms with van der Waals surface area (Å²) in [6.07, 6.45) is 7.82. The Hall–Kier alpha value is -1.13. The number of rotatable bonds is 1. The summed E-state index contributed by atoms with van der Waals surface area (Å²) in [5.74, 6) is -1.01. The molecular formula is C18H26O4. The first-order chi connectivity index (χ1) is 10.3. The maximum absolute atomic E-state index is 12.5. The molecule has 2 aliphatic carbocycles. The van der Waals surface area contributed by atoms with Gasteiger partial charge in [-0.05, 0) is 37.7 Å². The molecule has 0 radical (unpaired) electrons. The van der Waals surface area contributed by atoms with Crippen molar-refractivity contribution in [2.24, 2.45) is 10.8 Å². The molecule has 4 nitrogen and oxygen atoms in total. The Morgan fingerprint density at radius 2 is 1.95 bits per heavy atom. The van der Waals surface area contributed by atoms with Gasteiger partial charge in [-0.2, -0.15) is 0 Å². The molecule has 122 valence electrons. The van der Waals surface area contributed by atoms with Crippen molar-refractivity contribution in [3.05, 3.63) is 23.3 Å². The van der Waals surface area contributed by atoms with Gasteiger partial charge < -0.3 is 14.2 Å². The van der Waals surface area contributed by atoms with Gasteiger partial charge in [0.2, 0.25) is 0 Å². The molecular weight excluding hydrogens is 280 g/mol. The van der Waals surface area contributed by atoms with Crippen LogP contribution in [0.5, 0.6) is 0 Å². The molecule has 1 aliphatic heterocycles. The van der Waals surface area contributed by atoms with Crippen LogP contribution in [0.15, 0.2) is 23.3 Å². The van der Waals surface area contributed by atoms with E-state index in [0.717, 1.165) is 31.3 Å². The van der Waals surface area contributed by atoms with E-state index in [9.17, 15) is 4.79 Å². The van der Waals surface area contributed by atoms with Crippen LogP contribution >= 0.6 is 0 Å². The third-order valence-corrected chi connectivity index (χ3v) is 5.79. The molecule has 4 heteroatoms. The summed E-state index contributed by atoms with van der Waals surface area (Å²) < 4.78 is 16.9. The zero-order valence-corrected chi connectivity index (χ0v) is 14.0. The Labute approximate surface area is 132 Å². The quantitative estimate of drug-likeness (QED) is 0.550. The number of carbonyl (C=O) groups excluding carboxylic acids is 1. The lowest BCUT2D eigenvalue weighted by Gasteiger charge is -2.54. The van der Waals surface area contributed by atoms with E-state index in [2.05, 4.69) is 26.8 Å². The van der Waals surface area contributed by atoms with Crippen molar-refractivity contribution in [1.82, 2.24) is 0 Å². The molecule has 2 spiro atoms. The van der Waals surface area contributed by atoms with Gasteiger partial charge in [0.15, 0.2) is 5.79 Å². The summed E-state index contributed by atoms with van der Waals surface area (Å²) >= 11 is 0. The fraction of sp³-hybridized carbons (Fsp3) is 0.722. The van der Waals surface area contributed by atoms with Crippen LogP contribution in [0, 0.1) is 10.8 Å². The highest BCUT2D eigenvalue weighted by Gasteiger charge is 2.58. The molecule has 22 heavy (non-hydrogen) atoms. The Kier molecular flexibility index (Phi) is 3.73. The molecule has 0 amide bonds. The molecule has 0 N–H and O–H groups in total. The SMILES string of the molecule is COC(=O)C1=CC2(CC(C)(C)C13CC=C(C)CC3)OCCO2. The van der Waals surface area contributed by atoms with E-state index in [1.54, 1.807) is 0 Å². The minimum atomic E-state index is -0.755. The Balaban J connectivity index is 2.12. The first-order valence-electron chi connectivity index (χ1n) is 8.09. The molecule has 1 heterocycles. The molecule has 0 aromatic carbocycles. The second-order valence-electron chi connectivity index (χ2n) is 7.46. The minimum absolute atomic E-state index is 0.104. The van der Waals surface area contributed by atoms with Gasteiger partial charge in [-0.25, -0.2) is 4.79 Å². The summed E-state index contributed by atoms with van der Waals surface area (Å²) in [7, 11) is 1.45. The van der Waals surface area contributed by atoms with Gasteiger partial charge in [0.1, 0.15) is 0 Å². The molecule has 1 unspecified atom stereocenters. The Bertz CT molecular complexity index is 537. The van der Waals surface area contributed by atoms with Crippen LogP contribution in [0.4, 0.5) is 0 Å². The lowest BCUT2D eigenvalue weighted by Crippen LogP contribution is -2.52. The number of hydrogen-bond donors (Lipinski definition) is 0. The van der Waals surface area contributed by atoms with Gasteiger partial charge in [0.05, 0.1) is 20.3 Å². The lowest BCUT2D eigenvalue weighted by molar-refractivity contribution is -0.171. The van der Waals surface area contributed by atoms with Gasteiger partial charge in [0, 0.05) is 17.4 Å². The Morgan fingerprint density at radius 1 is 1.27 bits per heavy atom. The van der Waals surface area contributed by atoms with Crippen molar-refractivity contribution >= 4 is 5.97 Å². The van der Waals surface area contributed by atoms with Gasteiger partial charge in [-0.3, -0.25) is 0 Å². The van der Waals surface area contributed by atoms with Crippen molar-refractivity contribution in [2.45, 2.75) is 52.2 Å². The molecule has 3 aliphatic rings. The molecule has 1 atom stereocenters. The minimum Gasteiger partial charge on any atom is -0.466 e. The first-order valence-corrected chi connectivity index (χ1v) is 8.09. The van der Waals surface area contributed by atoms with E-state index in [0.29, 0.717) is 13.2 Å². The normalized spacial score (nSPS) is 32.7. The van der Waals surface area contributed by atoms with E-state index in [1.807, 2.05) is 6.08 Å². The first kappa shape index (κ1) is 15.8. The van der Waals surface area contributed by atoms with Crippen molar-refractivity contribution in [3.63, 3.8) is 0 Å². The largest absolute Gasteiger partial charge is 0.466 e. The lowest BCUT2D eigenvalue weighted by atomic mass is 9.51. The van der Waals surface area contributed by atoms with E-state index in [4.69, 9.17) is 14.2 Å². The van der Waals surface area contributed by atoms with Gasteiger partial charge in [-0.1, -0.05) is 25.5 Å². The average molecular weight is 306 g/mol. The summed E-state index contributed by atoms with van der Waals surface area (Å²) in [6.45, 7) is 7.77. The molecule has 0 aromatic heterocycles. The van der Waals surface area contributed by atoms with Crippen LogP contribution in [-0.4, -0.2) is 32.1 Å². The predicted octanol–water partition coefficient (Wildman–Crippen LogP) is 3.38. The number of methoxy groups -OCH3 is 1. The summed E-state index contributed by atoms with van der Waals surface area (Å²) in [5, 5.41) is 0. The van der Waals surface area contributed by atoms with Crippen molar-refractivity contribution in [3.8, 4) is 0 Å². The van der Waals surface area contributed by atoms with E-state index in [-0.39, 0.29) is 16.8 Å². The van der Waals surface area contributed by atoms with Gasteiger partial charge >= 0.3 is 5.97 Å². The zero-order valence-electron chi connectivity index (χ0n) is 14.0. The molecule has 0 aromatic rings. The maximum atomic E-state index is 12.5. The second-order valence-corrected chi connectivity index (χ2v) is 7.46. The monoisotopic (exact) mass is 306 g/mol. The second kappa shape index (κ2) is 5.20. The fourth-order valence-corrected chi connectivity index (χ4v) is 4.40. The van der Waals surface area contributed by atoms with Crippen LogP contribution in [0.1, 0.15) is 46.5 Å². The highest BCUT2D eigenvalue weighted by molar-refractivity contribution is 5.91. The smallest absolute Gasteiger partial charge is 0.334 e. The average Bonchev–Trinajstić information content (AvgIpc) is 2.91. The molecule has 0 saturated carbocycles. The third kappa shape index (κ3) is 2.24. The van der Waals surface area contributed by atoms with Crippen molar-refractivity contribution < 1.29 is 19.0 Å². The number of esters is 1. The van der Waals surface area contributed by atoms with Gasteiger partial charge in [-0.15, -0.1) is 0 Å². The highest BCUT2D eigenvalue weighted by Crippen LogP contribution is 2.61. The number of allylic oxidation sites excluding steroid dienone is 2. The number of hydrogen-bond acceptors (Lipinski definition) is 4. The summed E-state index contributed by atoms with van der Waals surface area (Å²) in [4.78, 5) is 12.5. The zero-order chi connectivity index (χ0) is 16.0. The van der Waals surface area contributed by atoms with Crippen molar-refractivity contribution in [2.75, 3.05) is 20.3 Å².